The highest BCUT2D eigenvalue weighted by Gasteiger charge is 2.21. The van der Waals surface area contributed by atoms with Gasteiger partial charge in [0.05, 0.1) is 20.6 Å². The van der Waals surface area contributed by atoms with Gasteiger partial charge in [0.25, 0.3) is 0 Å². The summed E-state index contributed by atoms with van der Waals surface area (Å²) in [4.78, 5) is 12.0. The number of ketones is 1. The standard InChI is InChI=1S/C16H16Cl2N2O3S/c1-10(7-15(21)11-5-3-2-4-6-11)20-24(22,23)12-8-13(17)16(19)14(18)9-12/h2-6,8-10,20H,7,19H2,1H3/t10-/m1/s1. The smallest absolute Gasteiger partial charge is 0.240 e. The quantitative estimate of drug-likeness (QED) is 0.586. The average Bonchev–Trinajstić information content (AvgIpc) is 2.52. The molecule has 24 heavy (non-hydrogen) atoms. The minimum atomic E-state index is -3.88. The van der Waals surface area contributed by atoms with Gasteiger partial charge >= 0.3 is 0 Å². The minimum Gasteiger partial charge on any atom is -0.396 e. The van der Waals surface area contributed by atoms with Crippen molar-refractivity contribution in [3.63, 3.8) is 0 Å². The summed E-state index contributed by atoms with van der Waals surface area (Å²) < 4.78 is 27.2. The van der Waals surface area contributed by atoms with Crippen LogP contribution in [0.15, 0.2) is 47.4 Å². The lowest BCUT2D eigenvalue weighted by Gasteiger charge is -2.14. The number of rotatable bonds is 6. The lowest BCUT2D eigenvalue weighted by atomic mass is 10.1. The first-order chi connectivity index (χ1) is 11.2. The molecule has 0 heterocycles. The first kappa shape index (κ1) is 18.7. The fourth-order valence-corrected chi connectivity index (χ4v) is 4.02. The van der Waals surface area contributed by atoms with Crippen LogP contribution in [0, 0.1) is 0 Å². The van der Waals surface area contributed by atoms with Gasteiger partial charge in [0.2, 0.25) is 10.0 Å². The van der Waals surface area contributed by atoms with E-state index in [4.69, 9.17) is 28.9 Å². The van der Waals surface area contributed by atoms with Crippen LogP contribution in [0.3, 0.4) is 0 Å². The van der Waals surface area contributed by atoms with Crippen molar-refractivity contribution in [1.29, 1.82) is 0 Å². The molecule has 2 aromatic carbocycles. The van der Waals surface area contributed by atoms with E-state index in [1.165, 1.54) is 12.1 Å². The third kappa shape index (κ3) is 4.48. The molecule has 0 aliphatic heterocycles. The number of halogens is 2. The second-order valence-electron chi connectivity index (χ2n) is 5.32. The van der Waals surface area contributed by atoms with Crippen LogP contribution in [-0.2, 0) is 10.0 Å². The first-order valence-electron chi connectivity index (χ1n) is 7.06. The van der Waals surface area contributed by atoms with Crippen molar-refractivity contribution in [2.24, 2.45) is 0 Å². The molecule has 0 aliphatic carbocycles. The van der Waals surface area contributed by atoms with Crippen molar-refractivity contribution >= 4 is 44.7 Å². The zero-order valence-corrected chi connectivity index (χ0v) is 15.1. The highest BCUT2D eigenvalue weighted by atomic mass is 35.5. The Morgan fingerprint density at radius 3 is 2.25 bits per heavy atom. The van der Waals surface area contributed by atoms with E-state index in [1.807, 2.05) is 0 Å². The summed E-state index contributed by atoms with van der Waals surface area (Å²) in [6.07, 6.45) is 0.0275. The van der Waals surface area contributed by atoms with E-state index in [2.05, 4.69) is 4.72 Å². The van der Waals surface area contributed by atoms with E-state index >= 15 is 0 Å². The number of sulfonamides is 1. The summed E-state index contributed by atoms with van der Waals surface area (Å²) in [5.41, 5.74) is 6.25. The normalized spacial score (nSPS) is 12.8. The van der Waals surface area contributed by atoms with Gasteiger partial charge in [-0.25, -0.2) is 13.1 Å². The molecule has 1 atom stereocenters. The third-order valence-electron chi connectivity index (χ3n) is 3.31. The van der Waals surface area contributed by atoms with Gasteiger partial charge in [-0.3, -0.25) is 4.79 Å². The number of benzene rings is 2. The Kier molecular flexibility index (Phi) is 5.87. The van der Waals surface area contributed by atoms with E-state index in [0.29, 0.717) is 5.56 Å². The molecule has 128 valence electrons. The van der Waals surface area contributed by atoms with E-state index in [9.17, 15) is 13.2 Å². The van der Waals surface area contributed by atoms with Gasteiger partial charge in [0.15, 0.2) is 5.78 Å². The first-order valence-corrected chi connectivity index (χ1v) is 9.29. The second kappa shape index (κ2) is 7.53. The topological polar surface area (TPSA) is 89.3 Å². The van der Waals surface area contributed by atoms with E-state index in [0.717, 1.165) is 0 Å². The summed E-state index contributed by atoms with van der Waals surface area (Å²) in [6, 6.07) is 10.5. The largest absolute Gasteiger partial charge is 0.396 e. The average molecular weight is 387 g/mol. The third-order valence-corrected chi connectivity index (χ3v) is 5.50. The van der Waals surface area contributed by atoms with Crippen LogP contribution in [0.1, 0.15) is 23.7 Å². The Morgan fingerprint density at radius 1 is 1.17 bits per heavy atom. The molecule has 3 N–H and O–H groups in total. The van der Waals surface area contributed by atoms with Gasteiger partial charge in [-0.15, -0.1) is 0 Å². The Balaban J connectivity index is 2.13. The molecule has 0 unspecified atom stereocenters. The molecule has 0 saturated heterocycles. The maximum atomic E-state index is 12.4. The van der Waals surface area contributed by atoms with Crippen molar-refractivity contribution in [2.75, 3.05) is 5.73 Å². The van der Waals surface area contributed by atoms with Gasteiger partial charge < -0.3 is 5.73 Å². The Morgan fingerprint density at radius 2 is 1.71 bits per heavy atom. The maximum Gasteiger partial charge on any atom is 0.240 e. The number of nitrogen functional groups attached to an aromatic ring is 1. The number of hydrogen-bond acceptors (Lipinski definition) is 4. The number of carbonyl (C=O) groups is 1. The zero-order chi connectivity index (χ0) is 17.9. The van der Waals surface area contributed by atoms with Crippen molar-refractivity contribution in [3.8, 4) is 0 Å². The monoisotopic (exact) mass is 386 g/mol. The highest BCUT2D eigenvalue weighted by molar-refractivity contribution is 7.89. The Labute approximate surface area is 150 Å². The fraction of sp³-hybridized carbons (Fsp3) is 0.188. The van der Waals surface area contributed by atoms with Crippen LogP contribution >= 0.6 is 23.2 Å². The maximum absolute atomic E-state index is 12.4. The van der Waals surface area contributed by atoms with Crippen molar-refractivity contribution < 1.29 is 13.2 Å². The SMILES string of the molecule is C[C@H](CC(=O)c1ccccc1)NS(=O)(=O)c1cc(Cl)c(N)c(Cl)c1. The Bertz CT molecular complexity index is 832. The van der Waals surface area contributed by atoms with Crippen LogP contribution in [0.4, 0.5) is 5.69 Å². The number of carbonyl (C=O) groups excluding carboxylic acids is 1. The van der Waals surface area contributed by atoms with Gasteiger partial charge in [-0.1, -0.05) is 53.5 Å². The number of nitrogens with one attached hydrogen (secondary N) is 1. The van der Waals surface area contributed by atoms with Gasteiger partial charge in [0.1, 0.15) is 0 Å². The molecular weight excluding hydrogens is 371 g/mol. The summed E-state index contributed by atoms with van der Waals surface area (Å²) in [5.74, 6) is -0.154. The summed E-state index contributed by atoms with van der Waals surface area (Å²) in [5, 5.41) is 0.104. The molecule has 2 aromatic rings. The molecule has 0 aromatic heterocycles. The zero-order valence-electron chi connectivity index (χ0n) is 12.8. The van der Waals surface area contributed by atoms with Crippen LogP contribution < -0.4 is 10.5 Å². The van der Waals surface area contributed by atoms with Gasteiger partial charge in [-0.05, 0) is 19.1 Å². The van der Waals surface area contributed by atoms with Gasteiger partial charge in [-0.2, -0.15) is 0 Å². The number of hydrogen-bond donors (Lipinski definition) is 2. The molecule has 0 saturated carbocycles. The molecular formula is C16H16Cl2N2O3S. The van der Waals surface area contributed by atoms with Gasteiger partial charge in [0, 0.05) is 18.0 Å². The predicted molar refractivity (Wildman–Crippen MR) is 96.0 cm³/mol. The van der Waals surface area contributed by atoms with E-state index in [-0.39, 0.29) is 32.8 Å². The predicted octanol–water partition coefficient (Wildman–Crippen LogP) is 3.52. The second-order valence-corrected chi connectivity index (χ2v) is 7.84. The molecule has 5 nitrogen and oxygen atoms in total. The summed E-state index contributed by atoms with van der Waals surface area (Å²) >= 11 is 11.7. The number of nitrogens with two attached hydrogens (primary N) is 1. The number of anilines is 1. The van der Waals surface area contributed by atoms with Crippen molar-refractivity contribution in [3.05, 3.63) is 58.1 Å². The van der Waals surface area contributed by atoms with Crippen LogP contribution in [0.5, 0.6) is 0 Å². The molecule has 0 fully saturated rings. The van der Waals surface area contributed by atoms with E-state index < -0.39 is 16.1 Å². The molecule has 0 bridgehead atoms. The van der Waals surface area contributed by atoms with E-state index in [1.54, 1.807) is 37.3 Å². The highest BCUT2D eigenvalue weighted by Crippen LogP contribution is 2.30. The molecule has 0 radical (unpaired) electrons. The Hall–Kier alpha value is -1.60. The van der Waals surface area contributed by atoms with Crippen LogP contribution in [0.25, 0.3) is 0 Å². The molecule has 2 rings (SSSR count). The fourth-order valence-electron chi connectivity index (χ4n) is 2.11. The summed E-state index contributed by atoms with van der Waals surface area (Å²) in [6.45, 7) is 1.61. The number of Topliss-reactive ketones (excluding diaryl/α,β-unsaturated/α-hetero) is 1. The molecule has 0 aliphatic rings. The lowest BCUT2D eigenvalue weighted by Crippen LogP contribution is -2.34. The van der Waals surface area contributed by atoms with Crippen LogP contribution in [-0.4, -0.2) is 20.2 Å². The van der Waals surface area contributed by atoms with Crippen molar-refractivity contribution in [2.45, 2.75) is 24.3 Å². The lowest BCUT2D eigenvalue weighted by molar-refractivity contribution is 0.0975. The molecule has 0 amide bonds. The van der Waals surface area contributed by atoms with Crippen LogP contribution in [0.2, 0.25) is 10.0 Å². The van der Waals surface area contributed by atoms with Crippen molar-refractivity contribution in [1.82, 2.24) is 4.72 Å². The minimum absolute atomic E-state index is 0.0275. The molecule has 8 heteroatoms. The molecule has 0 spiro atoms. The summed E-state index contributed by atoms with van der Waals surface area (Å²) in [7, 11) is -3.88.